The third-order valence-corrected chi connectivity index (χ3v) is 3.03. The Bertz CT molecular complexity index is 730. The summed E-state index contributed by atoms with van der Waals surface area (Å²) >= 11 is 5.67. The molecule has 0 N–H and O–H groups in total. The maximum Gasteiger partial charge on any atom is 0.251 e. The fraction of sp³-hybridized carbons (Fsp3) is 0.333. The number of aryl methyl sites for hydroxylation is 2. The summed E-state index contributed by atoms with van der Waals surface area (Å²) in [5, 5.41) is 15.8. The van der Waals surface area contributed by atoms with E-state index < -0.39 is 0 Å². The maximum absolute atomic E-state index is 5.67. The molecule has 0 aliphatic rings. The number of furan rings is 1. The summed E-state index contributed by atoms with van der Waals surface area (Å²) in [7, 11) is 0. The van der Waals surface area contributed by atoms with Crippen LogP contribution >= 0.6 is 11.6 Å². The van der Waals surface area contributed by atoms with Gasteiger partial charge in [-0.3, -0.25) is 0 Å². The van der Waals surface area contributed by atoms with E-state index in [0.29, 0.717) is 29.9 Å². The molecule has 7 nitrogen and oxygen atoms in total. The fourth-order valence-corrected chi connectivity index (χ4v) is 2.01. The van der Waals surface area contributed by atoms with Gasteiger partial charge in [-0.2, -0.15) is 0 Å². The average Bonchev–Trinajstić information content (AvgIpc) is 3.11. The zero-order valence-electron chi connectivity index (χ0n) is 11.0. The molecule has 0 saturated heterocycles. The van der Waals surface area contributed by atoms with Crippen molar-refractivity contribution in [3.05, 3.63) is 35.4 Å². The Kier molecular flexibility index (Phi) is 3.27. The number of hydrogen-bond donors (Lipinski definition) is 0. The molecule has 0 saturated carbocycles. The maximum atomic E-state index is 5.67. The Morgan fingerprint density at radius 1 is 1.20 bits per heavy atom. The van der Waals surface area contributed by atoms with Crippen molar-refractivity contribution in [2.75, 3.05) is 0 Å². The van der Waals surface area contributed by atoms with Crippen LogP contribution in [0, 0.1) is 13.8 Å². The molecule has 0 aliphatic carbocycles. The van der Waals surface area contributed by atoms with Gasteiger partial charge >= 0.3 is 0 Å². The first kappa shape index (κ1) is 12.9. The highest BCUT2D eigenvalue weighted by Gasteiger charge is 2.15. The molecule has 0 amide bonds. The normalized spacial score (nSPS) is 11.2. The molecule has 0 fully saturated rings. The quantitative estimate of drug-likeness (QED) is 0.687. The lowest BCUT2D eigenvalue weighted by Gasteiger charge is -1.93. The lowest BCUT2D eigenvalue weighted by atomic mass is 10.2. The Morgan fingerprint density at radius 2 is 2.05 bits per heavy atom. The van der Waals surface area contributed by atoms with Crippen LogP contribution in [0.15, 0.2) is 21.1 Å². The minimum atomic E-state index is 0.322. The van der Waals surface area contributed by atoms with Crippen molar-refractivity contribution in [3.63, 3.8) is 0 Å². The molecule has 3 rings (SSSR count). The molecule has 3 aromatic heterocycles. The van der Waals surface area contributed by atoms with Gasteiger partial charge in [0.1, 0.15) is 18.1 Å². The Hall–Kier alpha value is -2.15. The summed E-state index contributed by atoms with van der Waals surface area (Å²) in [6.45, 7) is 4.08. The van der Waals surface area contributed by atoms with Crippen molar-refractivity contribution in [3.8, 4) is 11.5 Å². The molecular weight excluding hydrogens is 282 g/mol. The molecule has 104 valence electrons. The molecule has 8 heteroatoms. The zero-order chi connectivity index (χ0) is 14.1. The van der Waals surface area contributed by atoms with Crippen LogP contribution in [0.1, 0.15) is 23.1 Å². The highest BCUT2D eigenvalue weighted by Crippen LogP contribution is 2.25. The first-order chi connectivity index (χ1) is 9.65. The van der Waals surface area contributed by atoms with Crippen LogP contribution < -0.4 is 0 Å². The number of nitrogens with zero attached hydrogens (tertiary/aromatic N) is 5. The van der Waals surface area contributed by atoms with Gasteiger partial charge in [0.15, 0.2) is 0 Å². The first-order valence-electron chi connectivity index (χ1n) is 6.00. The van der Waals surface area contributed by atoms with Crippen molar-refractivity contribution in [1.29, 1.82) is 0 Å². The SMILES string of the molecule is Cc1cc(-c2nnc(Cn3cc(CCl)nn3)o2)c(C)o1. The number of halogens is 1. The molecule has 3 heterocycles. The van der Waals surface area contributed by atoms with Crippen LogP contribution in [-0.4, -0.2) is 25.2 Å². The molecule has 0 radical (unpaired) electrons. The molecule has 0 aromatic carbocycles. The van der Waals surface area contributed by atoms with Crippen molar-refractivity contribution in [2.24, 2.45) is 0 Å². The molecule has 0 bridgehead atoms. The zero-order valence-corrected chi connectivity index (χ0v) is 11.8. The molecule has 0 aliphatic heterocycles. The van der Waals surface area contributed by atoms with Gasteiger partial charge in [-0.1, -0.05) is 5.21 Å². The molecule has 0 spiro atoms. The lowest BCUT2D eigenvalue weighted by Crippen LogP contribution is -2.00. The van der Waals surface area contributed by atoms with Gasteiger partial charge in [-0.25, -0.2) is 4.68 Å². The third-order valence-electron chi connectivity index (χ3n) is 2.76. The van der Waals surface area contributed by atoms with Crippen LogP contribution in [0.2, 0.25) is 0 Å². The van der Waals surface area contributed by atoms with Crippen molar-refractivity contribution < 1.29 is 8.83 Å². The lowest BCUT2D eigenvalue weighted by molar-refractivity contribution is 0.466. The summed E-state index contributed by atoms with van der Waals surface area (Å²) in [6, 6.07) is 1.87. The summed E-state index contributed by atoms with van der Waals surface area (Å²) in [5.41, 5.74) is 1.51. The van der Waals surface area contributed by atoms with Crippen LogP contribution in [0.25, 0.3) is 11.5 Å². The second-order valence-electron chi connectivity index (χ2n) is 4.37. The van der Waals surface area contributed by atoms with E-state index in [9.17, 15) is 0 Å². The minimum Gasteiger partial charge on any atom is -0.466 e. The predicted octanol–water partition coefficient (Wildman–Crippen LogP) is 2.33. The van der Waals surface area contributed by atoms with E-state index in [-0.39, 0.29) is 0 Å². The number of hydrogen-bond acceptors (Lipinski definition) is 6. The summed E-state index contributed by atoms with van der Waals surface area (Å²) < 4.78 is 12.7. The second kappa shape index (κ2) is 5.09. The molecule has 20 heavy (non-hydrogen) atoms. The highest BCUT2D eigenvalue weighted by atomic mass is 35.5. The summed E-state index contributed by atoms with van der Waals surface area (Å²) in [5.74, 6) is 2.77. The number of rotatable bonds is 4. The van der Waals surface area contributed by atoms with Gasteiger partial charge in [0.05, 0.1) is 23.3 Å². The number of alkyl halides is 1. The second-order valence-corrected chi connectivity index (χ2v) is 4.64. The summed E-state index contributed by atoms with van der Waals surface area (Å²) in [6.07, 6.45) is 1.74. The molecular formula is C12H12ClN5O2. The molecule has 3 aromatic rings. The van der Waals surface area contributed by atoms with Gasteiger partial charge < -0.3 is 8.83 Å². The van der Waals surface area contributed by atoms with E-state index in [1.807, 2.05) is 19.9 Å². The van der Waals surface area contributed by atoms with Crippen LogP contribution in [0.3, 0.4) is 0 Å². The van der Waals surface area contributed by atoms with Crippen LogP contribution in [0.4, 0.5) is 0 Å². The minimum absolute atomic E-state index is 0.322. The van der Waals surface area contributed by atoms with Crippen LogP contribution in [-0.2, 0) is 12.4 Å². The van der Waals surface area contributed by atoms with Gasteiger partial charge in [0.25, 0.3) is 5.89 Å². The standard InChI is InChI=1S/C12H12ClN5O2/c1-7-3-10(8(2)19-7)12-16-15-11(20-12)6-18-5-9(4-13)14-17-18/h3,5H,4,6H2,1-2H3. The summed E-state index contributed by atoms with van der Waals surface area (Å²) in [4.78, 5) is 0. The van der Waals surface area contributed by atoms with Crippen molar-refractivity contribution in [2.45, 2.75) is 26.3 Å². The van der Waals surface area contributed by atoms with Crippen LogP contribution in [0.5, 0.6) is 0 Å². The van der Waals surface area contributed by atoms with E-state index in [0.717, 1.165) is 17.1 Å². The smallest absolute Gasteiger partial charge is 0.251 e. The Morgan fingerprint density at radius 3 is 2.70 bits per heavy atom. The van der Waals surface area contributed by atoms with Gasteiger partial charge in [-0.05, 0) is 19.9 Å². The van der Waals surface area contributed by atoms with Gasteiger partial charge in [0.2, 0.25) is 5.89 Å². The largest absolute Gasteiger partial charge is 0.466 e. The third kappa shape index (κ3) is 2.44. The molecule has 0 atom stereocenters. The van der Waals surface area contributed by atoms with E-state index in [4.69, 9.17) is 20.4 Å². The highest BCUT2D eigenvalue weighted by molar-refractivity contribution is 6.16. The monoisotopic (exact) mass is 293 g/mol. The van der Waals surface area contributed by atoms with E-state index in [1.165, 1.54) is 0 Å². The Balaban J connectivity index is 1.81. The van der Waals surface area contributed by atoms with Crippen molar-refractivity contribution in [1.82, 2.24) is 25.2 Å². The van der Waals surface area contributed by atoms with E-state index in [2.05, 4.69) is 20.5 Å². The van der Waals surface area contributed by atoms with E-state index in [1.54, 1.807) is 10.9 Å². The van der Waals surface area contributed by atoms with Gasteiger partial charge in [0, 0.05) is 0 Å². The average molecular weight is 294 g/mol. The first-order valence-corrected chi connectivity index (χ1v) is 6.54. The fourth-order valence-electron chi connectivity index (χ4n) is 1.89. The van der Waals surface area contributed by atoms with Crippen molar-refractivity contribution >= 4 is 11.6 Å². The van der Waals surface area contributed by atoms with E-state index >= 15 is 0 Å². The van der Waals surface area contributed by atoms with Gasteiger partial charge in [-0.15, -0.1) is 26.9 Å². The number of aromatic nitrogens is 5. The molecule has 0 unspecified atom stereocenters. The predicted molar refractivity (Wildman–Crippen MR) is 70.2 cm³/mol. The Labute approximate surface area is 119 Å². The topological polar surface area (TPSA) is 82.8 Å².